The van der Waals surface area contributed by atoms with Crippen molar-refractivity contribution in [3.8, 4) is 0 Å². The van der Waals surface area contributed by atoms with Gasteiger partial charge in [-0.1, -0.05) is 5.16 Å². The molecule has 1 amide bonds. The zero-order valence-corrected chi connectivity index (χ0v) is 10.9. The molecule has 0 unspecified atom stereocenters. The quantitative estimate of drug-likeness (QED) is 0.350. The van der Waals surface area contributed by atoms with Gasteiger partial charge >= 0.3 is 0 Å². The highest BCUT2D eigenvalue weighted by molar-refractivity contribution is 5.94. The Balaban J connectivity index is 1.88. The molecule has 1 saturated heterocycles. The summed E-state index contributed by atoms with van der Waals surface area (Å²) < 4.78 is 5.15. The second-order valence-corrected chi connectivity index (χ2v) is 4.61. The monoisotopic (exact) mass is 266 g/mol. The lowest BCUT2D eigenvalue weighted by Gasteiger charge is -2.34. The first-order chi connectivity index (χ1) is 9.10. The molecule has 0 bridgehead atoms. The number of rotatable bonds is 3. The summed E-state index contributed by atoms with van der Waals surface area (Å²) in [5.74, 6) is 0.902. The van der Waals surface area contributed by atoms with Crippen molar-refractivity contribution in [2.45, 2.75) is 6.92 Å². The lowest BCUT2D eigenvalue weighted by Crippen LogP contribution is -2.50. The highest BCUT2D eigenvalue weighted by atomic mass is 16.4. The molecule has 0 spiro atoms. The lowest BCUT2D eigenvalue weighted by atomic mass is 10.2. The van der Waals surface area contributed by atoms with E-state index >= 15 is 0 Å². The standard InChI is InChI=1S/C12H18N4O3/c1-9-6-10(8-19-9)12(17)16-4-2-15(3-5-16)7-11(13)14-18/h6,8,18H,2-5,7H2,1H3,(H2,13,14). The minimum absolute atomic E-state index is 0.0136. The van der Waals surface area contributed by atoms with E-state index in [4.69, 9.17) is 15.4 Å². The van der Waals surface area contributed by atoms with Crippen molar-refractivity contribution < 1.29 is 14.4 Å². The van der Waals surface area contributed by atoms with Crippen LogP contribution in [0.1, 0.15) is 16.1 Å². The Morgan fingerprint density at radius 2 is 2.16 bits per heavy atom. The molecule has 2 rings (SSSR count). The molecule has 2 heterocycles. The Hall–Kier alpha value is -2.02. The van der Waals surface area contributed by atoms with Gasteiger partial charge in [0.25, 0.3) is 5.91 Å². The molecule has 19 heavy (non-hydrogen) atoms. The first kappa shape index (κ1) is 13.4. The third-order valence-corrected chi connectivity index (χ3v) is 3.15. The van der Waals surface area contributed by atoms with E-state index in [9.17, 15) is 4.79 Å². The van der Waals surface area contributed by atoms with E-state index in [2.05, 4.69) is 5.16 Å². The van der Waals surface area contributed by atoms with Gasteiger partial charge in [-0.3, -0.25) is 9.69 Å². The average molecular weight is 266 g/mol. The van der Waals surface area contributed by atoms with Gasteiger partial charge in [0.15, 0.2) is 5.84 Å². The number of nitrogens with zero attached hydrogens (tertiary/aromatic N) is 3. The van der Waals surface area contributed by atoms with Gasteiger partial charge in [0.2, 0.25) is 0 Å². The highest BCUT2D eigenvalue weighted by Gasteiger charge is 2.23. The first-order valence-electron chi connectivity index (χ1n) is 6.13. The maximum Gasteiger partial charge on any atom is 0.257 e. The fourth-order valence-corrected chi connectivity index (χ4v) is 2.11. The molecule has 0 radical (unpaired) electrons. The SMILES string of the molecule is Cc1cc(C(=O)N2CCN(CC(N)=NO)CC2)co1. The van der Waals surface area contributed by atoms with Crippen LogP contribution in [0.4, 0.5) is 0 Å². The zero-order valence-electron chi connectivity index (χ0n) is 10.9. The van der Waals surface area contributed by atoms with Crippen LogP contribution in [0.15, 0.2) is 21.9 Å². The van der Waals surface area contributed by atoms with Gasteiger partial charge in [0.1, 0.15) is 12.0 Å². The number of hydrogen-bond acceptors (Lipinski definition) is 5. The largest absolute Gasteiger partial charge is 0.469 e. The summed E-state index contributed by atoms with van der Waals surface area (Å²) in [7, 11) is 0. The minimum atomic E-state index is -0.0136. The van der Waals surface area contributed by atoms with Crippen molar-refractivity contribution in [1.82, 2.24) is 9.80 Å². The van der Waals surface area contributed by atoms with Crippen LogP contribution in [0.25, 0.3) is 0 Å². The second-order valence-electron chi connectivity index (χ2n) is 4.61. The fraction of sp³-hybridized carbons (Fsp3) is 0.500. The highest BCUT2D eigenvalue weighted by Crippen LogP contribution is 2.11. The van der Waals surface area contributed by atoms with E-state index < -0.39 is 0 Å². The van der Waals surface area contributed by atoms with Gasteiger partial charge in [-0.2, -0.15) is 0 Å². The van der Waals surface area contributed by atoms with Crippen molar-refractivity contribution in [1.29, 1.82) is 0 Å². The number of amides is 1. The number of amidine groups is 1. The average Bonchev–Trinajstić information content (AvgIpc) is 2.85. The zero-order chi connectivity index (χ0) is 13.8. The molecule has 3 N–H and O–H groups in total. The number of nitrogens with two attached hydrogens (primary N) is 1. The van der Waals surface area contributed by atoms with Crippen molar-refractivity contribution in [3.05, 3.63) is 23.7 Å². The van der Waals surface area contributed by atoms with Crippen LogP contribution in [0.5, 0.6) is 0 Å². The Labute approximate surface area is 111 Å². The van der Waals surface area contributed by atoms with E-state index in [1.165, 1.54) is 6.26 Å². The Morgan fingerprint density at radius 1 is 1.47 bits per heavy atom. The predicted octanol–water partition coefficient (Wildman–Crippen LogP) is 0.0922. The van der Waals surface area contributed by atoms with Gasteiger partial charge in [-0.25, -0.2) is 0 Å². The molecule has 7 nitrogen and oxygen atoms in total. The van der Waals surface area contributed by atoms with E-state index in [1.54, 1.807) is 11.0 Å². The van der Waals surface area contributed by atoms with Crippen LogP contribution in [0.2, 0.25) is 0 Å². The smallest absolute Gasteiger partial charge is 0.257 e. The van der Waals surface area contributed by atoms with Crippen LogP contribution in [0.3, 0.4) is 0 Å². The molecule has 0 aromatic carbocycles. The first-order valence-corrected chi connectivity index (χ1v) is 6.13. The number of carbonyl (C=O) groups is 1. The second kappa shape index (κ2) is 5.75. The topological polar surface area (TPSA) is 95.3 Å². The Morgan fingerprint density at radius 3 is 2.68 bits per heavy atom. The lowest BCUT2D eigenvalue weighted by molar-refractivity contribution is 0.0652. The third-order valence-electron chi connectivity index (χ3n) is 3.15. The van der Waals surface area contributed by atoms with E-state index in [0.717, 1.165) is 5.76 Å². The Kier molecular flexibility index (Phi) is 4.06. The molecule has 1 aliphatic rings. The Bertz CT molecular complexity index is 475. The molecule has 0 aliphatic carbocycles. The van der Waals surface area contributed by atoms with Crippen LogP contribution in [-0.2, 0) is 0 Å². The van der Waals surface area contributed by atoms with Crippen LogP contribution in [0, 0.1) is 6.92 Å². The molecule has 1 fully saturated rings. The molecule has 0 saturated carbocycles. The molecule has 1 aliphatic heterocycles. The summed E-state index contributed by atoms with van der Waals surface area (Å²) >= 11 is 0. The molecule has 7 heteroatoms. The van der Waals surface area contributed by atoms with E-state index in [-0.39, 0.29) is 11.7 Å². The van der Waals surface area contributed by atoms with Gasteiger partial charge < -0.3 is 20.3 Å². The van der Waals surface area contributed by atoms with Crippen LogP contribution >= 0.6 is 0 Å². The summed E-state index contributed by atoms with van der Waals surface area (Å²) in [6, 6.07) is 1.74. The summed E-state index contributed by atoms with van der Waals surface area (Å²) in [6.07, 6.45) is 1.49. The maximum atomic E-state index is 12.2. The van der Waals surface area contributed by atoms with Gasteiger partial charge in [0, 0.05) is 26.2 Å². The van der Waals surface area contributed by atoms with Crippen molar-refractivity contribution in [2.75, 3.05) is 32.7 Å². The van der Waals surface area contributed by atoms with E-state index in [1.807, 2.05) is 11.8 Å². The third kappa shape index (κ3) is 3.25. The molecule has 1 aromatic rings. The number of piperazine rings is 1. The van der Waals surface area contributed by atoms with Crippen molar-refractivity contribution >= 4 is 11.7 Å². The van der Waals surface area contributed by atoms with Crippen LogP contribution < -0.4 is 5.73 Å². The number of aryl methyl sites for hydroxylation is 1. The fourth-order valence-electron chi connectivity index (χ4n) is 2.11. The normalized spacial score (nSPS) is 17.7. The minimum Gasteiger partial charge on any atom is -0.469 e. The molecule has 104 valence electrons. The van der Waals surface area contributed by atoms with Crippen molar-refractivity contribution in [3.63, 3.8) is 0 Å². The summed E-state index contributed by atoms with van der Waals surface area (Å²) in [5.41, 5.74) is 6.04. The number of furan rings is 1. The van der Waals surface area contributed by atoms with Gasteiger partial charge in [0.05, 0.1) is 12.1 Å². The molecular formula is C12H18N4O3. The summed E-state index contributed by atoms with van der Waals surface area (Å²) in [4.78, 5) is 16.0. The summed E-state index contributed by atoms with van der Waals surface area (Å²) in [6.45, 7) is 4.90. The summed E-state index contributed by atoms with van der Waals surface area (Å²) in [5, 5.41) is 11.5. The molecule has 1 aromatic heterocycles. The van der Waals surface area contributed by atoms with Crippen LogP contribution in [-0.4, -0.2) is 59.5 Å². The number of oxime groups is 1. The van der Waals surface area contributed by atoms with E-state index in [0.29, 0.717) is 38.3 Å². The maximum absolute atomic E-state index is 12.2. The van der Waals surface area contributed by atoms with Gasteiger partial charge in [-0.05, 0) is 13.0 Å². The predicted molar refractivity (Wildman–Crippen MR) is 69.2 cm³/mol. The number of hydrogen-bond donors (Lipinski definition) is 2. The van der Waals surface area contributed by atoms with Crippen molar-refractivity contribution in [2.24, 2.45) is 10.9 Å². The van der Waals surface area contributed by atoms with Gasteiger partial charge in [-0.15, -0.1) is 0 Å². The molecular weight excluding hydrogens is 248 g/mol. The molecule has 0 atom stereocenters. The number of carbonyl (C=O) groups excluding carboxylic acids is 1.